The lowest BCUT2D eigenvalue weighted by Crippen LogP contribution is -2.14. The number of nitrogens with one attached hydrogen (secondary N) is 1. The van der Waals surface area contributed by atoms with Gasteiger partial charge in [0.2, 0.25) is 5.91 Å². The molecule has 0 spiro atoms. The van der Waals surface area contributed by atoms with E-state index in [1.165, 1.54) is 11.8 Å². The van der Waals surface area contributed by atoms with E-state index in [1.807, 2.05) is 19.1 Å². The van der Waals surface area contributed by atoms with E-state index in [0.717, 1.165) is 5.69 Å². The molecule has 6 nitrogen and oxygen atoms in total. The lowest BCUT2D eigenvalue weighted by atomic mass is 10.2. The van der Waals surface area contributed by atoms with Crippen molar-refractivity contribution in [2.75, 3.05) is 11.1 Å². The number of carbonyl (C=O) groups excluding carboxylic acids is 1. The first-order chi connectivity index (χ1) is 11.2. The van der Waals surface area contributed by atoms with E-state index in [1.54, 1.807) is 30.3 Å². The lowest BCUT2D eigenvalue weighted by Gasteiger charge is -2.05. The Labute approximate surface area is 136 Å². The van der Waals surface area contributed by atoms with Crippen molar-refractivity contribution >= 4 is 34.6 Å². The molecule has 3 aromatic rings. The van der Waals surface area contributed by atoms with E-state index >= 15 is 0 Å². The summed E-state index contributed by atoms with van der Waals surface area (Å²) in [6, 6.07) is 12.5. The molecule has 0 unspecified atom stereocenters. The van der Waals surface area contributed by atoms with Crippen LogP contribution in [-0.4, -0.2) is 21.6 Å². The van der Waals surface area contributed by atoms with Crippen LogP contribution in [0.3, 0.4) is 0 Å². The molecule has 0 aliphatic carbocycles. The SMILES string of the molecule is Cc1ccc2oc(SCC(=O)Nc3ccccc3C#N)nc2n1. The van der Waals surface area contributed by atoms with Crippen molar-refractivity contribution in [2.24, 2.45) is 0 Å². The second-order valence-electron chi connectivity index (χ2n) is 4.75. The van der Waals surface area contributed by atoms with E-state index < -0.39 is 0 Å². The first kappa shape index (κ1) is 15.1. The smallest absolute Gasteiger partial charge is 0.258 e. The molecule has 7 heteroatoms. The number of hydrogen-bond donors (Lipinski definition) is 1. The Kier molecular flexibility index (Phi) is 4.26. The molecule has 0 atom stereocenters. The van der Waals surface area contributed by atoms with Crippen LogP contribution in [0.4, 0.5) is 5.69 Å². The van der Waals surface area contributed by atoms with Crippen LogP contribution < -0.4 is 5.32 Å². The molecular formula is C16H12N4O2S. The highest BCUT2D eigenvalue weighted by Gasteiger charge is 2.11. The Hall–Kier alpha value is -2.85. The van der Waals surface area contributed by atoms with Gasteiger partial charge in [0.25, 0.3) is 5.22 Å². The van der Waals surface area contributed by atoms with E-state index in [9.17, 15) is 4.79 Å². The quantitative estimate of drug-likeness (QED) is 0.741. The minimum Gasteiger partial charge on any atom is -0.430 e. The first-order valence-corrected chi connectivity index (χ1v) is 7.80. The highest BCUT2D eigenvalue weighted by molar-refractivity contribution is 7.99. The van der Waals surface area contributed by atoms with Crippen LogP contribution >= 0.6 is 11.8 Å². The predicted molar refractivity (Wildman–Crippen MR) is 87.1 cm³/mol. The standard InChI is InChI=1S/C16H12N4O2S/c1-10-6-7-13-15(18-10)20-16(22-13)23-9-14(21)19-12-5-3-2-4-11(12)8-17/h2-7H,9H2,1H3,(H,19,21). The van der Waals surface area contributed by atoms with Gasteiger partial charge >= 0.3 is 0 Å². The summed E-state index contributed by atoms with van der Waals surface area (Å²) >= 11 is 1.18. The molecule has 1 aromatic carbocycles. The average Bonchev–Trinajstić information content (AvgIpc) is 2.95. The van der Waals surface area contributed by atoms with Crippen LogP contribution in [0.2, 0.25) is 0 Å². The van der Waals surface area contributed by atoms with Gasteiger partial charge in [0, 0.05) is 5.69 Å². The Morgan fingerprint density at radius 2 is 2.13 bits per heavy atom. The van der Waals surface area contributed by atoms with Crippen LogP contribution in [0, 0.1) is 18.3 Å². The van der Waals surface area contributed by atoms with Crippen molar-refractivity contribution in [2.45, 2.75) is 12.1 Å². The first-order valence-electron chi connectivity index (χ1n) is 6.81. The topological polar surface area (TPSA) is 91.8 Å². The zero-order valence-electron chi connectivity index (χ0n) is 12.2. The Morgan fingerprint density at radius 3 is 2.96 bits per heavy atom. The average molecular weight is 324 g/mol. The number of thioether (sulfide) groups is 1. The summed E-state index contributed by atoms with van der Waals surface area (Å²) in [4.78, 5) is 20.5. The molecule has 1 amide bonds. The predicted octanol–water partition coefficient (Wildman–Crippen LogP) is 3.13. The molecule has 114 valence electrons. The molecule has 2 heterocycles. The molecule has 0 saturated heterocycles. The normalized spacial score (nSPS) is 10.4. The monoisotopic (exact) mass is 324 g/mol. The molecule has 0 aliphatic rings. The molecule has 0 bridgehead atoms. The molecule has 23 heavy (non-hydrogen) atoms. The minimum absolute atomic E-state index is 0.131. The fraction of sp³-hybridized carbons (Fsp3) is 0.125. The summed E-state index contributed by atoms with van der Waals surface area (Å²) in [5, 5.41) is 12.1. The van der Waals surface area contributed by atoms with Gasteiger partial charge < -0.3 is 9.73 Å². The zero-order chi connectivity index (χ0) is 16.2. The summed E-state index contributed by atoms with van der Waals surface area (Å²) in [7, 11) is 0. The van der Waals surface area contributed by atoms with Crippen molar-refractivity contribution in [1.82, 2.24) is 9.97 Å². The Bertz CT molecular complexity index is 914. The molecule has 1 N–H and O–H groups in total. The summed E-state index contributed by atoms with van der Waals surface area (Å²) in [5.74, 6) is -0.102. The highest BCUT2D eigenvalue weighted by atomic mass is 32.2. The van der Waals surface area contributed by atoms with Gasteiger partial charge in [-0.3, -0.25) is 4.79 Å². The number of rotatable bonds is 4. The van der Waals surface area contributed by atoms with Gasteiger partial charge in [-0.2, -0.15) is 10.2 Å². The van der Waals surface area contributed by atoms with E-state index in [-0.39, 0.29) is 11.7 Å². The maximum Gasteiger partial charge on any atom is 0.258 e. The number of nitrogens with zero attached hydrogens (tertiary/aromatic N) is 3. The summed E-state index contributed by atoms with van der Waals surface area (Å²) in [6.07, 6.45) is 0. The fourth-order valence-corrected chi connectivity index (χ4v) is 2.58. The van der Waals surface area contributed by atoms with Crippen LogP contribution in [0.25, 0.3) is 11.2 Å². The molecule has 0 aliphatic heterocycles. The van der Waals surface area contributed by atoms with Gasteiger partial charge in [0.1, 0.15) is 6.07 Å². The molecular weight excluding hydrogens is 312 g/mol. The van der Waals surface area contributed by atoms with E-state index in [0.29, 0.717) is 27.7 Å². The number of oxazole rings is 1. The van der Waals surface area contributed by atoms with Gasteiger partial charge in [0.05, 0.1) is 17.0 Å². The second kappa shape index (κ2) is 6.50. The van der Waals surface area contributed by atoms with Gasteiger partial charge in [-0.1, -0.05) is 23.9 Å². The van der Waals surface area contributed by atoms with Gasteiger partial charge in [-0.25, -0.2) is 4.98 Å². The van der Waals surface area contributed by atoms with Crippen LogP contribution in [-0.2, 0) is 4.79 Å². The van der Waals surface area contributed by atoms with Gasteiger partial charge in [0.15, 0.2) is 11.2 Å². The zero-order valence-corrected chi connectivity index (χ0v) is 13.1. The second-order valence-corrected chi connectivity index (χ2v) is 5.67. The lowest BCUT2D eigenvalue weighted by molar-refractivity contribution is -0.113. The molecule has 2 aromatic heterocycles. The number of nitriles is 1. The maximum absolute atomic E-state index is 12.0. The third kappa shape index (κ3) is 3.49. The number of carbonyl (C=O) groups is 1. The summed E-state index contributed by atoms with van der Waals surface area (Å²) < 4.78 is 5.53. The van der Waals surface area contributed by atoms with Crippen molar-refractivity contribution in [1.29, 1.82) is 5.26 Å². The molecule has 0 saturated carbocycles. The number of para-hydroxylation sites is 1. The number of amides is 1. The number of pyridine rings is 1. The molecule has 0 fully saturated rings. The van der Waals surface area contributed by atoms with Crippen molar-refractivity contribution < 1.29 is 9.21 Å². The van der Waals surface area contributed by atoms with Gasteiger partial charge in [-0.15, -0.1) is 0 Å². The van der Waals surface area contributed by atoms with Crippen molar-refractivity contribution in [3.63, 3.8) is 0 Å². The van der Waals surface area contributed by atoms with Crippen molar-refractivity contribution in [3.05, 3.63) is 47.7 Å². The third-order valence-electron chi connectivity index (χ3n) is 3.02. The summed E-state index contributed by atoms with van der Waals surface area (Å²) in [6.45, 7) is 1.88. The fourth-order valence-electron chi connectivity index (χ4n) is 1.96. The molecule has 0 radical (unpaired) electrons. The Morgan fingerprint density at radius 1 is 1.30 bits per heavy atom. The summed E-state index contributed by atoms with van der Waals surface area (Å²) in [5.41, 5.74) is 2.90. The van der Waals surface area contributed by atoms with Crippen LogP contribution in [0.1, 0.15) is 11.3 Å². The number of aryl methyl sites for hydroxylation is 1. The molecule has 3 rings (SSSR count). The Balaban J connectivity index is 1.65. The number of benzene rings is 1. The largest absolute Gasteiger partial charge is 0.430 e. The number of hydrogen-bond acceptors (Lipinski definition) is 6. The maximum atomic E-state index is 12.0. The van der Waals surface area contributed by atoms with Crippen LogP contribution in [0.5, 0.6) is 0 Å². The number of fused-ring (bicyclic) bond motifs is 1. The van der Waals surface area contributed by atoms with Crippen LogP contribution in [0.15, 0.2) is 46.0 Å². The van der Waals surface area contributed by atoms with E-state index in [2.05, 4.69) is 15.3 Å². The van der Waals surface area contributed by atoms with E-state index in [4.69, 9.17) is 9.68 Å². The van der Waals surface area contributed by atoms with Crippen molar-refractivity contribution in [3.8, 4) is 6.07 Å². The number of aromatic nitrogens is 2. The number of anilines is 1. The minimum atomic E-state index is -0.232. The third-order valence-corrected chi connectivity index (χ3v) is 3.85. The highest BCUT2D eigenvalue weighted by Crippen LogP contribution is 2.23. The van der Waals surface area contributed by atoms with Gasteiger partial charge in [-0.05, 0) is 31.2 Å².